The number of benzene rings is 2. The minimum atomic E-state index is -3.74. The maximum absolute atomic E-state index is 13.0. The second-order valence-corrected chi connectivity index (χ2v) is 9.53. The van der Waals surface area contributed by atoms with Crippen LogP contribution in [0.1, 0.15) is 24.2 Å². The van der Waals surface area contributed by atoms with Crippen LogP contribution < -0.4 is 5.32 Å². The number of anilines is 1. The molecule has 0 radical (unpaired) electrons. The van der Waals surface area contributed by atoms with Crippen LogP contribution in [-0.4, -0.2) is 43.9 Å². The highest BCUT2D eigenvalue weighted by Crippen LogP contribution is 2.24. The minimum absolute atomic E-state index is 0.0607. The number of nitrogens with one attached hydrogen (secondary N) is 1. The summed E-state index contributed by atoms with van der Waals surface area (Å²) in [5.41, 5.74) is 0.637. The van der Waals surface area contributed by atoms with Crippen molar-refractivity contribution in [1.29, 1.82) is 0 Å². The molecule has 1 N–H and O–H groups in total. The van der Waals surface area contributed by atoms with Crippen LogP contribution in [0.4, 0.5) is 5.69 Å². The zero-order valence-corrected chi connectivity index (χ0v) is 17.7. The zero-order chi connectivity index (χ0) is 20.5. The lowest BCUT2D eigenvalue weighted by molar-refractivity contribution is -0.0440. The molecule has 0 spiro atoms. The number of hydrogen-bond acceptors (Lipinski definition) is 4. The molecule has 0 saturated carbocycles. The number of sulfonamides is 1. The standard InChI is InChI=1S/C19H20Cl2N2O4S/c1-12-10-23(11-13(2)27-12)28(25,26)18-5-3-4-14(6-18)19(24)22-17-8-15(20)7-16(21)9-17/h3-9,12-13H,10-11H2,1-2H3,(H,22,24)/t12-,13-/m0/s1. The van der Waals surface area contributed by atoms with Gasteiger partial charge in [-0.25, -0.2) is 8.42 Å². The van der Waals surface area contributed by atoms with Gasteiger partial charge < -0.3 is 10.1 Å². The Morgan fingerprint density at radius 1 is 1.07 bits per heavy atom. The number of carbonyl (C=O) groups excluding carboxylic acids is 1. The largest absolute Gasteiger partial charge is 0.373 e. The van der Waals surface area contributed by atoms with Crippen molar-refractivity contribution in [3.05, 3.63) is 58.1 Å². The molecule has 2 aromatic rings. The van der Waals surface area contributed by atoms with E-state index in [9.17, 15) is 13.2 Å². The van der Waals surface area contributed by atoms with Crippen molar-refractivity contribution in [3.8, 4) is 0 Å². The van der Waals surface area contributed by atoms with Crippen molar-refractivity contribution in [1.82, 2.24) is 4.31 Å². The van der Waals surface area contributed by atoms with E-state index in [1.165, 1.54) is 16.4 Å². The first-order chi connectivity index (χ1) is 13.1. The van der Waals surface area contributed by atoms with Crippen LogP contribution in [0, 0.1) is 0 Å². The van der Waals surface area contributed by atoms with Crippen LogP contribution in [0.5, 0.6) is 0 Å². The number of morpholine rings is 1. The van der Waals surface area contributed by atoms with E-state index in [1.807, 2.05) is 13.8 Å². The maximum Gasteiger partial charge on any atom is 0.255 e. The summed E-state index contributed by atoms with van der Waals surface area (Å²) in [6.07, 6.45) is -0.393. The van der Waals surface area contributed by atoms with Gasteiger partial charge in [0.05, 0.1) is 17.1 Å². The van der Waals surface area contributed by atoms with Crippen molar-refractivity contribution in [3.63, 3.8) is 0 Å². The fourth-order valence-corrected chi connectivity index (χ4v) is 5.27. The zero-order valence-electron chi connectivity index (χ0n) is 15.4. The molecular formula is C19H20Cl2N2O4S. The normalized spacial score (nSPS) is 20.7. The third kappa shape index (κ3) is 4.85. The lowest BCUT2D eigenvalue weighted by Gasteiger charge is -2.34. The van der Waals surface area contributed by atoms with Gasteiger partial charge in [-0.05, 0) is 50.2 Å². The van der Waals surface area contributed by atoms with E-state index in [2.05, 4.69) is 5.32 Å². The SMILES string of the molecule is C[C@H]1CN(S(=O)(=O)c2cccc(C(=O)Nc3cc(Cl)cc(Cl)c3)c2)C[C@H](C)O1. The summed E-state index contributed by atoms with van der Waals surface area (Å²) in [6, 6.07) is 10.6. The van der Waals surface area contributed by atoms with Crippen LogP contribution >= 0.6 is 23.2 Å². The summed E-state index contributed by atoms with van der Waals surface area (Å²) in [7, 11) is -3.74. The molecule has 1 fully saturated rings. The van der Waals surface area contributed by atoms with Gasteiger partial charge in [-0.1, -0.05) is 29.3 Å². The fourth-order valence-electron chi connectivity index (χ4n) is 3.10. The highest BCUT2D eigenvalue weighted by molar-refractivity contribution is 7.89. The second kappa shape index (κ2) is 8.39. The lowest BCUT2D eigenvalue weighted by atomic mass is 10.2. The number of nitrogens with zero attached hydrogens (tertiary/aromatic N) is 1. The van der Waals surface area contributed by atoms with Gasteiger partial charge in [0.2, 0.25) is 10.0 Å². The molecule has 3 rings (SSSR count). The van der Waals surface area contributed by atoms with Crippen LogP contribution in [0.15, 0.2) is 47.4 Å². The molecular weight excluding hydrogens is 423 g/mol. The van der Waals surface area contributed by atoms with Gasteiger partial charge in [0.1, 0.15) is 0 Å². The molecule has 28 heavy (non-hydrogen) atoms. The molecule has 9 heteroatoms. The van der Waals surface area contributed by atoms with Crippen molar-refractivity contribution in [2.75, 3.05) is 18.4 Å². The summed E-state index contributed by atoms with van der Waals surface area (Å²) in [6.45, 7) is 4.20. The molecule has 150 valence electrons. The number of halogens is 2. The molecule has 0 aromatic heterocycles. The van der Waals surface area contributed by atoms with E-state index in [-0.39, 0.29) is 35.8 Å². The Labute approximate surface area is 174 Å². The molecule has 0 aliphatic carbocycles. The summed E-state index contributed by atoms with van der Waals surface area (Å²) >= 11 is 11.9. The Hall–Kier alpha value is -1.64. The molecule has 1 aliphatic rings. The number of carbonyl (C=O) groups is 1. The van der Waals surface area contributed by atoms with E-state index in [0.717, 1.165) is 0 Å². The quantitative estimate of drug-likeness (QED) is 0.774. The smallest absolute Gasteiger partial charge is 0.255 e. The van der Waals surface area contributed by atoms with E-state index in [1.54, 1.807) is 30.3 Å². The third-order valence-corrected chi connectivity index (χ3v) is 6.50. The van der Waals surface area contributed by atoms with Crippen LogP contribution in [-0.2, 0) is 14.8 Å². The Morgan fingerprint density at radius 3 is 2.29 bits per heavy atom. The van der Waals surface area contributed by atoms with Gasteiger partial charge in [-0.15, -0.1) is 0 Å². The van der Waals surface area contributed by atoms with Crippen molar-refractivity contribution in [2.45, 2.75) is 31.0 Å². The Morgan fingerprint density at radius 2 is 1.68 bits per heavy atom. The lowest BCUT2D eigenvalue weighted by Crippen LogP contribution is -2.48. The van der Waals surface area contributed by atoms with Crippen LogP contribution in [0.3, 0.4) is 0 Å². The summed E-state index contributed by atoms with van der Waals surface area (Å²) < 4.78 is 33.0. The first-order valence-electron chi connectivity index (χ1n) is 8.68. The Balaban J connectivity index is 1.84. The van der Waals surface area contributed by atoms with Gasteiger partial charge in [0, 0.05) is 34.4 Å². The van der Waals surface area contributed by atoms with Crippen molar-refractivity contribution >= 4 is 44.8 Å². The van der Waals surface area contributed by atoms with E-state index in [4.69, 9.17) is 27.9 Å². The topological polar surface area (TPSA) is 75.7 Å². The first-order valence-corrected chi connectivity index (χ1v) is 10.9. The third-order valence-electron chi connectivity index (χ3n) is 4.24. The predicted molar refractivity (Wildman–Crippen MR) is 110 cm³/mol. The summed E-state index contributed by atoms with van der Waals surface area (Å²) in [4.78, 5) is 12.6. The molecule has 0 bridgehead atoms. The van der Waals surface area contributed by atoms with Gasteiger partial charge in [-0.3, -0.25) is 4.79 Å². The van der Waals surface area contributed by atoms with Gasteiger partial charge >= 0.3 is 0 Å². The second-order valence-electron chi connectivity index (χ2n) is 6.72. The molecule has 1 heterocycles. The molecule has 1 amide bonds. The monoisotopic (exact) mass is 442 g/mol. The molecule has 1 aliphatic heterocycles. The van der Waals surface area contributed by atoms with Crippen LogP contribution in [0.25, 0.3) is 0 Å². The van der Waals surface area contributed by atoms with E-state index in [0.29, 0.717) is 15.7 Å². The Bertz CT molecular complexity index is 967. The number of rotatable bonds is 4. The Kier molecular flexibility index (Phi) is 6.31. The van der Waals surface area contributed by atoms with Gasteiger partial charge in [0.25, 0.3) is 5.91 Å². The highest BCUT2D eigenvalue weighted by Gasteiger charge is 2.32. The number of amides is 1. The van der Waals surface area contributed by atoms with Crippen LogP contribution in [0.2, 0.25) is 10.0 Å². The van der Waals surface area contributed by atoms with Crippen molar-refractivity contribution in [2.24, 2.45) is 0 Å². The minimum Gasteiger partial charge on any atom is -0.373 e. The molecule has 1 saturated heterocycles. The first kappa shape index (κ1) is 21.1. The van der Waals surface area contributed by atoms with Gasteiger partial charge in [0.15, 0.2) is 0 Å². The highest BCUT2D eigenvalue weighted by atomic mass is 35.5. The average Bonchev–Trinajstić information content (AvgIpc) is 2.60. The van der Waals surface area contributed by atoms with Gasteiger partial charge in [-0.2, -0.15) is 4.31 Å². The van der Waals surface area contributed by atoms with Crippen molar-refractivity contribution < 1.29 is 17.9 Å². The molecule has 2 aromatic carbocycles. The van der Waals surface area contributed by atoms with E-state index >= 15 is 0 Å². The molecule has 0 unspecified atom stereocenters. The number of ether oxygens (including phenoxy) is 1. The summed E-state index contributed by atoms with van der Waals surface area (Å²) in [5.74, 6) is -0.459. The van der Waals surface area contributed by atoms with E-state index < -0.39 is 15.9 Å². The average molecular weight is 443 g/mol. The summed E-state index contributed by atoms with van der Waals surface area (Å²) in [5, 5.41) is 3.44. The number of hydrogen-bond donors (Lipinski definition) is 1. The molecule has 6 nitrogen and oxygen atoms in total. The predicted octanol–water partition coefficient (Wildman–Crippen LogP) is 4.04. The maximum atomic E-state index is 13.0. The molecule has 2 atom stereocenters. The fraction of sp³-hybridized carbons (Fsp3) is 0.316.